The van der Waals surface area contributed by atoms with Crippen LogP contribution in [0.4, 0.5) is 0 Å². The van der Waals surface area contributed by atoms with Crippen molar-refractivity contribution >= 4 is 28.0 Å². The molecule has 0 N–H and O–H groups in total. The van der Waals surface area contributed by atoms with Crippen LogP contribution in [0.2, 0.25) is 0 Å². The molecule has 1 aliphatic heterocycles. The van der Waals surface area contributed by atoms with E-state index in [0.29, 0.717) is 0 Å². The van der Waals surface area contributed by atoms with Crippen LogP contribution in [0.25, 0.3) is 22.2 Å². The Morgan fingerprint density at radius 3 is 2.40 bits per heavy atom. The minimum absolute atomic E-state index is 0.0985. The molecule has 0 unspecified atom stereocenters. The summed E-state index contributed by atoms with van der Waals surface area (Å²) in [5.74, 6) is 0.0985. The standard InChI is InChI=1S/C22H18N2O/c25-22-17-14-16-10-4-5-11-18(16)23-20(17)21(24-12-6-7-13-24)19(22)15-8-2-1-3-9-15/h1-5,8-11,14H,6-7,12-13H2. The highest BCUT2D eigenvalue weighted by atomic mass is 16.1. The van der Waals surface area contributed by atoms with Crippen molar-refractivity contribution < 1.29 is 4.79 Å². The first-order valence-electron chi connectivity index (χ1n) is 8.82. The van der Waals surface area contributed by atoms with E-state index in [1.54, 1.807) is 0 Å². The molecule has 122 valence electrons. The van der Waals surface area contributed by atoms with Crippen LogP contribution in [-0.4, -0.2) is 28.8 Å². The molecule has 0 radical (unpaired) electrons. The van der Waals surface area contributed by atoms with Crippen molar-refractivity contribution in [2.45, 2.75) is 12.8 Å². The fourth-order valence-electron chi connectivity index (χ4n) is 3.95. The number of hydrogen-bond donors (Lipinski definition) is 0. The Bertz CT molecular complexity index is 1010. The molecule has 0 amide bonds. The third kappa shape index (κ3) is 2.19. The number of rotatable bonds is 2. The lowest BCUT2D eigenvalue weighted by Gasteiger charge is -2.21. The summed E-state index contributed by atoms with van der Waals surface area (Å²) in [5.41, 5.74) is 5.34. The van der Waals surface area contributed by atoms with Crippen molar-refractivity contribution in [1.82, 2.24) is 9.88 Å². The van der Waals surface area contributed by atoms with E-state index < -0.39 is 0 Å². The van der Waals surface area contributed by atoms with Gasteiger partial charge in [-0.05, 0) is 30.5 Å². The van der Waals surface area contributed by atoms with E-state index >= 15 is 0 Å². The Balaban J connectivity index is 1.79. The van der Waals surface area contributed by atoms with E-state index in [9.17, 15) is 4.79 Å². The van der Waals surface area contributed by atoms with Crippen molar-refractivity contribution in [2.75, 3.05) is 13.1 Å². The molecule has 5 rings (SSSR count). The summed E-state index contributed by atoms with van der Waals surface area (Å²) < 4.78 is 0. The third-order valence-electron chi connectivity index (χ3n) is 5.14. The molecule has 1 aliphatic carbocycles. The number of pyridine rings is 1. The number of aromatic nitrogens is 1. The number of fused-ring (bicyclic) bond motifs is 2. The van der Waals surface area contributed by atoms with Gasteiger partial charge in [-0.25, -0.2) is 4.98 Å². The van der Waals surface area contributed by atoms with Gasteiger partial charge in [0.1, 0.15) is 0 Å². The molecular weight excluding hydrogens is 308 g/mol. The summed E-state index contributed by atoms with van der Waals surface area (Å²) >= 11 is 0. The monoisotopic (exact) mass is 326 g/mol. The number of hydrogen-bond acceptors (Lipinski definition) is 3. The average molecular weight is 326 g/mol. The minimum atomic E-state index is 0.0985. The number of nitrogens with zero attached hydrogens (tertiary/aromatic N) is 2. The molecular formula is C22H18N2O. The van der Waals surface area contributed by atoms with Crippen LogP contribution in [0, 0.1) is 0 Å². The Labute approximate surface area is 146 Å². The highest BCUT2D eigenvalue weighted by molar-refractivity contribution is 6.39. The quantitative estimate of drug-likeness (QED) is 0.700. The van der Waals surface area contributed by atoms with Gasteiger partial charge in [-0.2, -0.15) is 0 Å². The predicted octanol–water partition coefficient (Wildman–Crippen LogP) is 4.40. The van der Waals surface area contributed by atoms with E-state index in [1.807, 2.05) is 60.7 Å². The molecule has 0 spiro atoms. The van der Waals surface area contributed by atoms with Crippen LogP contribution in [0.3, 0.4) is 0 Å². The Hall–Kier alpha value is -2.94. The van der Waals surface area contributed by atoms with Gasteiger partial charge in [0, 0.05) is 18.5 Å². The number of carbonyl (C=O) groups excluding carboxylic acids is 1. The molecule has 0 saturated carbocycles. The molecule has 2 aliphatic rings. The molecule has 1 fully saturated rings. The van der Waals surface area contributed by atoms with E-state index in [-0.39, 0.29) is 5.78 Å². The highest BCUT2D eigenvalue weighted by Gasteiger charge is 2.35. The molecule has 3 heteroatoms. The summed E-state index contributed by atoms with van der Waals surface area (Å²) in [6, 6.07) is 20.0. The van der Waals surface area contributed by atoms with Crippen molar-refractivity contribution in [2.24, 2.45) is 0 Å². The van der Waals surface area contributed by atoms with Crippen LogP contribution in [0.1, 0.15) is 34.5 Å². The molecule has 0 bridgehead atoms. The van der Waals surface area contributed by atoms with Crippen molar-refractivity contribution in [3.05, 3.63) is 77.5 Å². The van der Waals surface area contributed by atoms with E-state index in [0.717, 1.165) is 52.1 Å². The second-order valence-electron chi connectivity index (χ2n) is 6.69. The van der Waals surface area contributed by atoms with Crippen LogP contribution < -0.4 is 0 Å². The zero-order valence-corrected chi connectivity index (χ0v) is 13.9. The first-order valence-corrected chi connectivity index (χ1v) is 8.82. The number of Topliss-reactive ketones (excluding diaryl/α,β-unsaturated/α-hetero) is 1. The van der Waals surface area contributed by atoms with E-state index in [4.69, 9.17) is 4.98 Å². The Kier molecular flexibility index (Phi) is 3.20. The smallest absolute Gasteiger partial charge is 0.198 e. The summed E-state index contributed by atoms with van der Waals surface area (Å²) in [6.45, 7) is 1.99. The number of allylic oxidation sites excluding steroid dienone is 1. The van der Waals surface area contributed by atoms with Gasteiger partial charge in [-0.3, -0.25) is 4.79 Å². The third-order valence-corrected chi connectivity index (χ3v) is 5.14. The minimum Gasteiger partial charge on any atom is -0.369 e. The van der Waals surface area contributed by atoms with Gasteiger partial charge in [-0.1, -0.05) is 48.5 Å². The average Bonchev–Trinajstić information content (AvgIpc) is 3.27. The largest absolute Gasteiger partial charge is 0.369 e. The molecule has 1 saturated heterocycles. The fraction of sp³-hybridized carbons (Fsp3) is 0.182. The van der Waals surface area contributed by atoms with Crippen LogP contribution in [0.15, 0.2) is 60.7 Å². The summed E-state index contributed by atoms with van der Waals surface area (Å²) in [6.07, 6.45) is 2.34. The summed E-state index contributed by atoms with van der Waals surface area (Å²) in [5, 5.41) is 1.02. The normalized spacial score (nSPS) is 16.8. The lowest BCUT2D eigenvalue weighted by Crippen LogP contribution is -2.18. The van der Waals surface area contributed by atoms with Gasteiger partial charge in [0.25, 0.3) is 0 Å². The maximum absolute atomic E-state index is 13.3. The van der Waals surface area contributed by atoms with E-state index in [1.165, 1.54) is 12.8 Å². The molecule has 2 heterocycles. The second-order valence-corrected chi connectivity index (χ2v) is 6.69. The van der Waals surface area contributed by atoms with Crippen molar-refractivity contribution in [3.63, 3.8) is 0 Å². The molecule has 25 heavy (non-hydrogen) atoms. The number of carbonyl (C=O) groups is 1. The summed E-state index contributed by atoms with van der Waals surface area (Å²) in [4.78, 5) is 20.5. The predicted molar refractivity (Wildman–Crippen MR) is 100 cm³/mol. The molecule has 3 aromatic rings. The fourth-order valence-corrected chi connectivity index (χ4v) is 3.95. The van der Waals surface area contributed by atoms with Crippen molar-refractivity contribution in [1.29, 1.82) is 0 Å². The first kappa shape index (κ1) is 14.4. The molecule has 1 aromatic heterocycles. The molecule has 0 atom stereocenters. The SMILES string of the molecule is O=C1C(c2ccccc2)=C(N2CCCC2)c2nc3ccccc3cc21. The van der Waals surface area contributed by atoms with Crippen LogP contribution in [0.5, 0.6) is 0 Å². The topological polar surface area (TPSA) is 33.2 Å². The Morgan fingerprint density at radius 2 is 1.60 bits per heavy atom. The number of benzene rings is 2. The highest BCUT2D eigenvalue weighted by Crippen LogP contribution is 2.41. The number of para-hydroxylation sites is 1. The van der Waals surface area contributed by atoms with Gasteiger partial charge < -0.3 is 4.90 Å². The Morgan fingerprint density at radius 1 is 0.880 bits per heavy atom. The van der Waals surface area contributed by atoms with Crippen molar-refractivity contribution in [3.8, 4) is 0 Å². The maximum Gasteiger partial charge on any atom is 0.198 e. The van der Waals surface area contributed by atoms with E-state index in [2.05, 4.69) is 4.90 Å². The first-order chi connectivity index (χ1) is 12.3. The van der Waals surface area contributed by atoms with Gasteiger partial charge in [0.05, 0.1) is 28.0 Å². The van der Waals surface area contributed by atoms with Crippen LogP contribution in [-0.2, 0) is 0 Å². The molecule has 3 nitrogen and oxygen atoms in total. The van der Waals surface area contributed by atoms with Crippen LogP contribution >= 0.6 is 0 Å². The lowest BCUT2D eigenvalue weighted by molar-refractivity contribution is 0.105. The zero-order chi connectivity index (χ0) is 16.8. The summed E-state index contributed by atoms with van der Waals surface area (Å²) in [7, 11) is 0. The van der Waals surface area contributed by atoms with Gasteiger partial charge in [-0.15, -0.1) is 0 Å². The molecule has 2 aromatic carbocycles. The van der Waals surface area contributed by atoms with Gasteiger partial charge >= 0.3 is 0 Å². The maximum atomic E-state index is 13.3. The van der Waals surface area contributed by atoms with Gasteiger partial charge in [0.2, 0.25) is 0 Å². The zero-order valence-electron chi connectivity index (χ0n) is 13.9. The number of ketones is 1. The van der Waals surface area contributed by atoms with Gasteiger partial charge in [0.15, 0.2) is 5.78 Å². The number of likely N-dealkylation sites (tertiary alicyclic amines) is 1. The second kappa shape index (κ2) is 5.55. The lowest BCUT2D eigenvalue weighted by atomic mass is 10.0.